The summed E-state index contributed by atoms with van der Waals surface area (Å²) >= 11 is 4.97. The van der Waals surface area contributed by atoms with Crippen molar-refractivity contribution in [2.45, 2.75) is 13.3 Å². The summed E-state index contributed by atoms with van der Waals surface area (Å²) in [7, 11) is 4.21. The third kappa shape index (κ3) is 7.41. The normalized spacial score (nSPS) is 11.1. The number of hydrogen-bond acceptors (Lipinski definition) is 4. The molecule has 5 heteroatoms. The van der Waals surface area contributed by atoms with Crippen LogP contribution in [0.4, 0.5) is 0 Å². The Hall–Kier alpha value is -1.17. The van der Waals surface area contributed by atoms with Crippen LogP contribution >= 0.6 is 12.2 Å². The number of nitrogens with zero attached hydrogens (tertiary/aromatic N) is 2. The lowest BCUT2D eigenvalue weighted by molar-refractivity contribution is 0.208. The Bertz CT molecular complexity index is 437. The molecule has 4 nitrogen and oxygen atoms in total. The van der Waals surface area contributed by atoms with Crippen LogP contribution in [-0.4, -0.2) is 61.7 Å². The molecule has 21 heavy (non-hydrogen) atoms. The molecule has 0 aromatic heterocycles. The Morgan fingerprint density at radius 3 is 2.62 bits per heavy atom. The van der Waals surface area contributed by atoms with Crippen molar-refractivity contribution in [1.29, 1.82) is 0 Å². The van der Waals surface area contributed by atoms with Gasteiger partial charge in [-0.25, -0.2) is 0 Å². The molecule has 0 spiro atoms. The predicted molar refractivity (Wildman–Crippen MR) is 93.1 cm³/mol. The molecular formula is C16H27N3OS. The standard InChI is InChI=1S/C16H27N3OS/c1-4-19(10-6-9-18(2)3)11-12-20-15-8-5-7-14(13-15)16(17)21/h5,7-8,13H,4,6,9-12H2,1-3H3,(H2,17,21). The van der Waals surface area contributed by atoms with Crippen LogP contribution in [0.1, 0.15) is 18.9 Å². The molecular weight excluding hydrogens is 282 g/mol. The second kappa shape index (κ2) is 9.71. The number of hydrogen-bond donors (Lipinski definition) is 1. The molecule has 0 bridgehead atoms. The maximum Gasteiger partial charge on any atom is 0.120 e. The van der Waals surface area contributed by atoms with Crippen molar-refractivity contribution in [3.8, 4) is 5.75 Å². The van der Waals surface area contributed by atoms with Crippen LogP contribution in [0.3, 0.4) is 0 Å². The van der Waals surface area contributed by atoms with Crippen LogP contribution in [0, 0.1) is 0 Å². The Balaban J connectivity index is 2.33. The van der Waals surface area contributed by atoms with Gasteiger partial charge in [0.2, 0.25) is 0 Å². The van der Waals surface area contributed by atoms with Gasteiger partial charge in [-0.2, -0.15) is 0 Å². The zero-order chi connectivity index (χ0) is 15.7. The molecule has 0 unspecified atom stereocenters. The Morgan fingerprint density at radius 2 is 2.00 bits per heavy atom. The van der Waals surface area contributed by atoms with Crippen LogP contribution < -0.4 is 10.5 Å². The number of rotatable bonds is 10. The van der Waals surface area contributed by atoms with Gasteiger partial charge in [-0.15, -0.1) is 0 Å². The summed E-state index contributed by atoms with van der Waals surface area (Å²) in [6, 6.07) is 7.64. The van der Waals surface area contributed by atoms with E-state index in [-0.39, 0.29) is 0 Å². The average molecular weight is 309 g/mol. The molecule has 1 rings (SSSR count). The number of benzene rings is 1. The van der Waals surface area contributed by atoms with Gasteiger partial charge in [0.1, 0.15) is 17.3 Å². The summed E-state index contributed by atoms with van der Waals surface area (Å²) in [5.74, 6) is 0.824. The molecule has 0 aliphatic rings. The molecule has 0 fully saturated rings. The first-order chi connectivity index (χ1) is 10.0. The number of likely N-dealkylation sites (N-methyl/N-ethyl adjacent to an activating group) is 1. The minimum atomic E-state index is 0.402. The lowest BCUT2D eigenvalue weighted by atomic mass is 10.2. The summed E-state index contributed by atoms with van der Waals surface area (Å²) in [6.07, 6.45) is 1.18. The lowest BCUT2D eigenvalue weighted by Gasteiger charge is -2.21. The number of ether oxygens (including phenoxy) is 1. The Kier molecular flexibility index (Phi) is 8.27. The zero-order valence-corrected chi connectivity index (χ0v) is 14.2. The van der Waals surface area contributed by atoms with E-state index in [1.165, 1.54) is 6.42 Å². The van der Waals surface area contributed by atoms with Crippen LogP contribution in [0.2, 0.25) is 0 Å². The molecule has 0 radical (unpaired) electrons. The van der Waals surface area contributed by atoms with Crippen molar-refractivity contribution in [3.05, 3.63) is 29.8 Å². The van der Waals surface area contributed by atoms with Crippen molar-refractivity contribution in [2.75, 3.05) is 46.9 Å². The highest BCUT2D eigenvalue weighted by Crippen LogP contribution is 2.13. The first kappa shape index (κ1) is 17.9. The number of thiocarbonyl (C=S) groups is 1. The second-order valence-electron chi connectivity index (χ2n) is 5.33. The Labute approximate surface area is 133 Å². The average Bonchev–Trinajstić information content (AvgIpc) is 2.45. The largest absolute Gasteiger partial charge is 0.492 e. The van der Waals surface area contributed by atoms with Gasteiger partial charge >= 0.3 is 0 Å². The van der Waals surface area contributed by atoms with E-state index in [0.29, 0.717) is 11.6 Å². The van der Waals surface area contributed by atoms with Crippen molar-refractivity contribution in [2.24, 2.45) is 5.73 Å². The fraction of sp³-hybridized carbons (Fsp3) is 0.562. The maximum atomic E-state index is 5.79. The molecule has 0 saturated carbocycles. The lowest BCUT2D eigenvalue weighted by Crippen LogP contribution is -2.31. The third-order valence-corrected chi connectivity index (χ3v) is 3.56. The zero-order valence-electron chi connectivity index (χ0n) is 13.3. The van der Waals surface area contributed by atoms with E-state index in [0.717, 1.165) is 37.5 Å². The smallest absolute Gasteiger partial charge is 0.120 e. The van der Waals surface area contributed by atoms with Gasteiger partial charge in [0, 0.05) is 12.1 Å². The van der Waals surface area contributed by atoms with Crippen LogP contribution in [-0.2, 0) is 0 Å². The van der Waals surface area contributed by atoms with Gasteiger partial charge in [-0.3, -0.25) is 0 Å². The first-order valence-electron chi connectivity index (χ1n) is 7.42. The predicted octanol–water partition coefficient (Wildman–Crippen LogP) is 1.97. The first-order valence-corrected chi connectivity index (χ1v) is 7.83. The summed E-state index contributed by atoms with van der Waals surface area (Å²) in [4.78, 5) is 5.02. The summed E-state index contributed by atoms with van der Waals surface area (Å²) < 4.78 is 5.79. The molecule has 0 amide bonds. The van der Waals surface area contributed by atoms with Crippen LogP contribution in [0.25, 0.3) is 0 Å². The van der Waals surface area contributed by atoms with Gasteiger partial charge < -0.3 is 20.3 Å². The highest BCUT2D eigenvalue weighted by molar-refractivity contribution is 7.80. The SMILES string of the molecule is CCN(CCCN(C)C)CCOc1cccc(C(N)=S)c1. The van der Waals surface area contributed by atoms with E-state index in [1.54, 1.807) is 0 Å². The quantitative estimate of drug-likeness (QED) is 0.669. The minimum absolute atomic E-state index is 0.402. The highest BCUT2D eigenvalue weighted by atomic mass is 32.1. The van der Waals surface area contributed by atoms with Gasteiger partial charge in [0.05, 0.1) is 0 Å². The van der Waals surface area contributed by atoms with Gasteiger partial charge in [-0.1, -0.05) is 31.3 Å². The molecule has 118 valence electrons. The van der Waals surface area contributed by atoms with E-state index in [1.807, 2.05) is 24.3 Å². The fourth-order valence-electron chi connectivity index (χ4n) is 2.07. The van der Waals surface area contributed by atoms with Crippen molar-refractivity contribution < 1.29 is 4.74 Å². The van der Waals surface area contributed by atoms with E-state index in [9.17, 15) is 0 Å². The number of nitrogens with two attached hydrogens (primary N) is 1. The second-order valence-corrected chi connectivity index (χ2v) is 5.77. The fourth-order valence-corrected chi connectivity index (χ4v) is 2.20. The monoisotopic (exact) mass is 309 g/mol. The van der Waals surface area contributed by atoms with Crippen molar-refractivity contribution >= 4 is 17.2 Å². The summed E-state index contributed by atoms with van der Waals surface area (Å²) in [5, 5.41) is 0. The van der Waals surface area contributed by atoms with Crippen molar-refractivity contribution in [3.63, 3.8) is 0 Å². The Morgan fingerprint density at radius 1 is 1.24 bits per heavy atom. The summed E-state index contributed by atoms with van der Waals surface area (Å²) in [5.41, 5.74) is 6.47. The summed E-state index contributed by atoms with van der Waals surface area (Å²) in [6.45, 7) is 7.06. The van der Waals surface area contributed by atoms with E-state index >= 15 is 0 Å². The third-order valence-electron chi connectivity index (χ3n) is 3.32. The van der Waals surface area contributed by atoms with Gasteiger partial charge in [0.25, 0.3) is 0 Å². The molecule has 0 aliphatic heterocycles. The molecule has 2 N–H and O–H groups in total. The van der Waals surface area contributed by atoms with E-state index < -0.39 is 0 Å². The molecule has 0 saturated heterocycles. The highest BCUT2D eigenvalue weighted by Gasteiger charge is 2.04. The van der Waals surface area contributed by atoms with Gasteiger partial charge in [-0.05, 0) is 52.3 Å². The molecule has 0 heterocycles. The molecule has 1 aromatic carbocycles. The maximum absolute atomic E-state index is 5.79. The molecule has 1 aromatic rings. The topological polar surface area (TPSA) is 41.7 Å². The van der Waals surface area contributed by atoms with E-state index in [4.69, 9.17) is 22.7 Å². The van der Waals surface area contributed by atoms with E-state index in [2.05, 4.69) is 30.8 Å². The van der Waals surface area contributed by atoms with Crippen LogP contribution in [0.15, 0.2) is 24.3 Å². The minimum Gasteiger partial charge on any atom is -0.492 e. The van der Waals surface area contributed by atoms with Crippen LogP contribution in [0.5, 0.6) is 5.75 Å². The molecule has 0 aliphatic carbocycles. The van der Waals surface area contributed by atoms with Crippen molar-refractivity contribution in [1.82, 2.24) is 9.80 Å². The molecule has 0 atom stereocenters. The van der Waals surface area contributed by atoms with Gasteiger partial charge in [0.15, 0.2) is 0 Å².